The van der Waals surface area contributed by atoms with E-state index in [1.807, 2.05) is 24.2 Å². The number of nitrogens with one attached hydrogen (secondary N) is 2. The first-order chi connectivity index (χ1) is 18.5. The van der Waals surface area contributed by atoms with E-state index in [4.69, 9.17) is 0 Å². The minimum Gasteiger partial charge on any atom is -0.369 e. The molecular weight excluding hydrogens is 478 g/mol. The van der Waals surface area contributed by atoms with Gasteiger partial charge in [-0.1, -0.05) is 6.08 Å². The van der Waals surface area contributed by atoms with E-state index in [1.54, 1.807) is 11.1 Å². The average molecular weight is 516 g/mol. The first-order valence-electron chi connectivity index (χ1n) is 13.5. The Labute approximate surface area is 224 Å². The first-order valence-corrected chi connectivity index (χ1v) is 13.5. The Morgan fingerprint density at radius 2 is 1.95 bits per heavy atom. The Bertz CT molecular complexity index is 1210. The second kappa shape index (κ2) is 11.8. The number of likely N-dealkylation sites (N-methyl/N-ethyl adjacent to an activating group) is 2. The van der Waals surface area contributed by atoms with E-state index in [1.165, 1.54) is 24.1 Å². The van der Waals surface area contributed by atoms with Crippen LogP contribution in [-0.2, 0) is 4.79 Å². The third kappa shape index (κ3) is 6.41. The molecule has 0 bridgehead atoms. The highest BCUT2D eigenvalue weighted by Gasteiger charge is 2.28. The van der Waals surface area contributed by atoms with Gasteiger partial charge in [0.25, 0.3) is 0 Å². The van der Waals surface area contributed by atoms with E-state index >= 15 is 0 Å². The van der Waals surface area contributed by atoms with E-state index < -0.39 is 0 Å². The number of hydrogen-bond acceptors (Lipinski definition) is 9. The summed E-state index contributed by atoms with van der Waals surface area (Å²) in [5.74, 6) is 1.63. The van der Waals surface area contributed by atoms with Crippen molar-refractivity contribution in [2.75, 3.05) is 82.0 Å². The van der Waals surface area contributed by atoms with Crippen molar-refractivity contribution < 1.29 is 4.79 Å². The van der Waals surface area contributed by atoms with Gasteiger partial charge in [-0.15, -0.1) is 0 Å². The van der Waals surface area contributed by atoms with E-state index in [0.29, 0.717) is 42.9 Å². The summed E-state index contributed by atoms with van der Waals surface area (Å²) in [4.78, 5) is 30.0. The minimum atomic E-state index is 0.0950. The molecule has 10 nitrogen and oxygen atoms in total. The van der Waals surface area contributed by atoms with Gasteiger partial charge in [-0.2, -0.15) is 10.2 Å². The molecule has 3 heterocycles. The van der Waals surface area contributed by atoms with Crippen LogP contribution in [-0.4, -0.2) is 97.0 Å². The number of amides is 1. The molecule has 2 aliphatic heterocycles. The van der Waals surface area contributed by atoms with Crippen LogP contribution in [0.1, 0.15) is 36.3 Å². The number of piperazine rings is 1. The van der Waals surface area contributed by atoms with Crippen LogP contribution in [0.4, 0.5) is 23.1 Å². The number of benzene rings is 1. The van der Waals surface area contributed by atoms with E-state index in [9.17, 15) is 10.1 Å². The molecular formula is C28H37N9O. The highest BCUT2D eigenvalue weighted by molar-refractivity contribution is 5.79. The second-order valence-corrected chi connectivity index (χ2v) is 10.5. The Hall–Kier alpha value is -3.68. The van der Waals surface area contributed by atoms with Gasteiger partial charge in [0.2, 0.25) is 11.9 Å². The van der Waals surface area contributed by atoms with Crippen LogP contribution in [0.2, 0.25) is 0 Å². The van der Waals surface area contributed by atoms with Crippen molar-refractivity contribution in [1.29, 1.82) is 5.26 Å². The van der Waals surface area contributed by atoms with Crippen LogP contribution in [0.3, 0.4) is 0 Å². The second-order valence-electron chi connectivity index (χ2n) is 10.5. The summed E-state index contributed by atoms with van der Waals surface area (Å²) in [6.45, 7) is 6.63. The molecule has 10 heteroatoms. The molecule has 1 aromatic carbocycles. The molecule has 38 heavy (non-hydrogen) atoms. The third-order valence-corrected chi connectivity index (χ3v) is 7.37. The lowest BCUT2D eigenvalue weighted by Crippen LogP contribution is -2.44. The number of anilines is 4. The first kappa shape index (κ1) is 25.9. The highest BCUT2D eigenvalue weighted by atomic mass is 16.2. The molecule has 2 fully saturated rings. The Balaban J connectivity index is 1.23. The minimum absolute atomic E-state index is 0.0950. The van der Waals surface area contributed by atoms with Crippen LogP contribution in [0.25, 0.3) is 0 Å². The summed E-state index contributed by atoms with van der Waals surface area (Å²) >= 11 is 0. The van der Waals surface area contributed by atoms with Gasteiger partial charge in [-0.25, -0.2) is 4.98 Å². The average Bonchev–Trinajstić information content (AvgIpc) is 3.77. The number of carbonyl (C=O) groups excluding carboxylic acids is 1. The predicted octanol–water partition coefficient (Wildman–Crippen LogP) is 2.81. The molecule has 1 saturated carbocycles. The molecule has 5 rings (SSSR count). The fraction of sp³-hybridized carbons (Fsp3) is 0.500. The van der Waals surface area contributed by atoms with Gasteiger partial charge in [-0.3, -0.25) is 9.69 Å². The van der Waals surface area contributed by atoms with Gasteiger partial charge in [0.05, 0.1) is 12.7 Å². The molecule has 0 spiro atoms. The summed E-state index contributed by atoms with van der Waals surface area (Å²) in [5, 5.41) is 16.3. The number of nitriles is 1. The number of carbonyl (C=O) groups is 1. The van der Waals surface area contributed by atoms with E-state index in [-0.39, 0.29) is 5.91 Å². The van der Waals surface area contributed by atoms with Crippen LogP contribution in [0.5, 0.6) is 0 Å². The maximum atomic E-state index is 12.3. The molecule has 0 unspecified atom stereocenters. The number of nitrogens with zero attached hydrogens (tertiary/aromatic N) is 7. The maximum absolute atomic E-state index is 12.3. The van der Waals surface area contributed by atoms with E-state index in [0.717, 1.165) is 44.8 Å². The lowest BCUT2D eigenvalue weighted by molar-refractivity contribution is -0.129. The molecule has 1 saturated heterocycles. The lowest BCUT2D eigenvalue weighted by atomic mass is 10.1. The van der Waals surface area contributed by atoms with Crippen LogP contribution in [0.15, 0.2) is 36.7 Å². The zero-order valence-electron chi connectivity index (χ0n) is 22.4. The lowest BCUT2D eigenvalue weighted by Gasteiger charge is -2.34. The van der Waals surface area contributed by atoms with Gasteiger partial charge in [0.15, 0.2) is 0 Å². The molecule has 0 atom stereocenters. The maximum Gasteiger partial charge on any atom is 0.240 e. The van der Waals surface area contributed by atoms with Crippen molar-refractivity contribution in [2.24, 2.45) is 0 Å². The topological polar surface area (TPSA) is 104 Å². The third-order valence-electron chi connectivity index (χ3n) is 7.37. The zero-order valence-corrected chi connectivity index (χ0v) is 22.4. The van der Waals surface area contributed by atoms with Crippen molar-refractivity contribution in [3.05, 3.63) is 47.8 Å². The molecule has 3 aliphatic rings. The highest BCUT2D eigenvalue weighted by Crippen LogP contribution is 2.45. The summed E-state index contributed by atoms with van der Waals surface area (Å²) < 4.78 is 0. The van der Waals surface area contributed by atoms with Crippen molar-refractivity contribution in [3.63, 3.8) is 0 Å². The molecule has 2 N–H and O–H groups in total. The van der Waals surface area contributed by atoms with Crippen molar-refractivity contribution in [1.82, 2.24) is 24.7 Å². The van der Waals surface area contributed by atoms with Gasteiger partial charge in [-0.05, 0) is 63.0 Å². The fourth-order valence-electron chi connectivity index (χ4n) is 4.92. The summed E-state index contributed by atoms with van der Waals surface area (Å²) in [5.41, 5.74) is 4.01. The largest absolute Gasteiger partial charge is 0.369 e. The Morgan fingerprint density at radius 1 is 1.13 bits per heavy atom. The van der Waals surface area contributed by atoms with Crippen molar-refractivity contribution in [3.8, 4) is 6.07 Å². The molecule has 2 aromatic rings. The summed E-state index contributed by atoms with van der Waals surface area (Å²) in [7, 11) is 4.11. The van der Waals surface area contributed by atoms with Gasteiger partial charge in [0, 0.05) is 63.4 Å². The Morgan fingerprint density at radius 3 is 2.71 bits per heavy atom. The summed E-state index contributed by atoms with van der Waals surface area (Å²) in [6.07, 6.45) is 8.56. The molecule has 1 amide bonds. The van der Waals surface area contributed by atoms with E-state index in [2.05, 4.69) is 61.7 Å². The van der Waals surface area contributed by atoms with Crippen LogP contribution >= 0.6 is 0 Å². The van der Waals surface area contributed by atoms with Gasteiger partial charge >= 0.3 is 0 Å². The fourth-order valence-corrected chi connectivity index (χ4v) is 4.92. The molecule has 200 valence electrons. The molecule has 1 aliphatic carbocycles. The quantitative estimate of drug-likeness (QED) is 0.488. The monoisotopic (exact) mass is 515 g/mol. The van der Waals surface area contributed by atoms with Crippen molar-refractivity contribution in [2.45, 2.75) is 25.2 Å². The number of aromatic nitrogens is 2. The predicted molar refractivity (Wildman–Crippen MR) is 150 cm³/mol. The number of rotatable bonds is 9. The summed E-state index contributed by atoms with van der Waals surface area (Å²) in [6, 6.07) is 8.82. The number of hydrogen-bond donors (Lipinski definition) is 2. The normalized spacial score (nSPS) is 18.8. The molecule has 1 aromatic heterocycles. The van der Waals surface area contributed by atoms with Crippen molar-refractivity contribution >= 4 is 29.0 Å². The van der Waals surface area contributed by atoms with Crippen LogP contribution in [0, 0.1) is 11.3 Å². The van der Waals surface area contributed by atoms with Gasteiger partial charge in [0.1, 0.15) is 17.5 Å². The molecule has 0 radical (unpaired) electrons. The van der Waals surface area contributed by atoms with Crippen LogP contribution < -0.4 is 15.5 Å². The Kier molecular flexibility index (Phi) is 8.05. The smallest absolute Gasteiger partial charge is 0.240 e. The zero-order chi connectivity index (χ0) is 26.5. The SMILES string of the molecule is CN1CCN(c2ccc(Nc3ncc(C#N)c(NCCCN4C=CCN(C)CC4=O)n3)c(C3CC3)c2)CC1. The van der Waals surface area contributed by atoms with Gasteiger partial charge < -0.3 is 25.3 Å². The standard InChI is InChI=1S/C28H37N9O/c1-34-13-15-36(16-14-34)23-7-8-25(24(17-23)21-5-6-21)32-28-31-19-22(18-29)27(33-28)30-9-3-11-37-12-4-10-35(2)20-26(37)38/h4,7-8,12,17,19,21H,3,5-6,9-11,13-16,20H2,1-2H3,(H2,30,31,32,33).